The van der Waals surface area contributed by atoms with Crippen LogP contribution in [0.25, 0.3) is 45.6 Å². The number of nitrogens with one attached hydrogen (secondary N) is 2. The Morgan fingerprint density at radius 1 is 0.294 bits per heavy atom. The van der Waals surface area contributed by atoms with E-state index in [4.69, 9.17) is 0 Å². The number of quaternary nitrogens is 2. The number of hydrogen-bond donors (Lipinski definition) is 2. The van der Waals surface area contributed by atoms with Gasteiger partial charge in [0.05, 0.1) is 97.9 Å². The number of carbonyl (C=O) groups is 2. The van der Waals surface area contributed by atoms with E-state index in [0.29, 0.717) is 45.6 Å². The average Bonchev–Trinajstić information content (AvgIpc) is 0.811. The molecule has 0 aliphatic carbocycles. The van der Waals surface area contributed by atoms with Gasteiger partial charge in [-0.05, 0) is 135 Å². The molecule has 0 atom stereocenters. The van der Waals surface area contributed by atoms with Gasteiger partial charge in [0.2, 0.25) is 0 Å². The fourth-order valence-electron chi connectivity index (χ4n) is 10.3. The third-order valence-corrected chi connectivity index (χ3v) is 16.2. The number of amides is 2. The van der Waals surface area contributed by atoms with Gasteiger partial charge in [0.1, 0.15) is 0 Å². The van der Waals surface area contributed by atoms with E-state index in [0.717, 1.165) is 0 Å². The van der Waals surface area contributed by atoms with Crippen molar-refractivity contribution in [3.63, 3.8) is 0 Å². The Morgan fingerprint density at radius 3 is 0.587 bits per heavy atom. The second kappa shape index (κ2) is 85.4. The number of unbranched alkanes of at least 4 members (excludes halogenated alkanes) is 8. The predicted octanol–water partition coefficient (Wildman–Crippen LogP) is 5.96. The Kier molecular flexibility index (Phi) is 115. The normalized spacial score (nSPS) is 9.52. The summed E-state index contributed by atoms with van der Waals surface area (Å²) in [5, 5.41) is 72.5. The maximum atomic E-state index is 12.7. The summed E-state index contributed by atoms with van der Waals surface area (Å²) in [4.78, 5) is 51.4. The number of rotatable bonds is 38. The predicted molar refractivity (Wildman–Crippen MR) is 359 cm³/mol. The first-order chi connectivity index (χ1) is 43.7. The second-order valence-electron chi connectivity index (χ2n) is 23.7. The molecule has 0 fully saturated rings. The number of aromatic nitrogens is 6. The van der Waals surface area contributed by atoms with Gasteiger partial charge in [-0.2, -0.15) is 0 Å². The van der Waals surface area contributed by atoms with Crippen LogP contribution < -0.4 is 41.3 Å². The smallest absolute Gasteiger partial charge is 0.251 e. The zero-order chi connectivity index (χ0) is 65.9. The van der Waals surface area contributed by atoms with Gasteiger partial charge in [0.25, 0.3) is 11.8 Å². The third-order valence-electron chi connectivity index (χ3n) is 16.2. The zero-order valence-electron chi connectivity index (χ0n) is 63.6. The molecule has 0 saturated heterocycles. The SMILES string of the molecule is CCCC[N+](CCCC)(CCCC)CCCC.CCCC[N+](CCCC)(CCCC)CCCC.O=C(NC(C[O-])(C[O-])C[O-])c1cc(-c2ccccn2)nc(-c2ccccn2)c1.O=C(NC(C[O-])(C[O-])C[O-])c1cc(-c2ccccn2)nc(-c2ccccn2)c1.[O-2].[O-2].[O-2].[O-2].[O-2].[O-2].[O-2].[O-2].[O-2].[O-2].[O-2].[O-2].[O-2].[V].[V].[V].[V].[V].[V]. The summed E-state index contributed by atoms with van der Waals surface area (Å²) in [6.07, 6.45) is 28.5. The van der Waals surface area contributed by atoms with E-state index in [-0.39, 0.29) is 194 Å². The summed E-state index contributed by atoms with van der Waals surface area (Å²) in [6, 6.07) is 27.1. The zero-order valence-corrected chi connectivity index (χ0v) is 72.0. The van der Waals surface area contributed by atoms with Crippen LogP contribution in [0.3, 0.4) is 0 Å². The van der Waals surface area contributed by atoms with Gasteiger partial charge in [-0.25, -0.2) is 9.97 Å². The van der Waals surface area contributed by atoms with Crippen LogP contribution in [-0.2, 0) is 183 Å². The first kappa shape index (κ1) is 147. The van der Waals surface area contributed by atoms with Crippen LogP contribution in [0.15, 0.2) is 122 Å². The van der Waals surface area contributed by atoms with Gasteiger partial charge in [0.15, 0.2) is 0 Å². The third kappa shape index (κ3) is 52.6. The van der Waals surface area contributed by atoms with Gasteiger partial charge in [-0.1, -0.05) is 131 Å². The number of nitrogens with zero attached hydrogens (tertiary/aromatic N) is 8. The summed E-state index contributed by atoms with van der Waals surface area (Å²) in [5.41, 5.74) is 0.414. The molecule has 630 valence electrons. The Balaban J connectivity index is -0.0000000668. The average molecular weight is 1750 g/mol. The van der Waals surface area contributed by atoms with Gasteiger partial charge >= 0.3 is 0 Å². The maximum Gasteiger partial charge on any atom is 0.251 e. The first-order valence-corrected chi connectivity index (χ1v) is 33.2. The molecule has 0 spiro atoms. The van der Waals surface area contributed by atoms with Crippen molar-refractivity contribution in [3.8, 4) is 45.6 Å². The number of hydrogen-bond acceptors (Lipinski definition) is 14. The Bertz CT molecular complexity index is 2500. The largest absolute Gasteiger partial charge is 2.00 e. The number of pyridine rings is 6. The fraction of sp³-hybridized carbons (Fsp3) is 0.556. The van der Waals surface area contributed by atoms with E-state index in [2.05, 4.69) is 95.9 Å². The van der Waals surface area contributed by atoms with Crippen LogP contribution in [0.1, 0.15) is 179 Å². The van der Waals surface area contributed by atoms with E-state index in [1.165, 1.54) is 188 Å². The fourth-order valence-corrected chi connectivity index (χ4v) is 10.3. The topological polar surface area (TPSA) is 644 Å². The van der Waals surface area contributed by atoms with Crippen molar-refractivity contribution in [2.45, 2.75) is 169 Å². The van der Waals surface area contributed by atoms with E-state index in [9.17, 15) is 40.2 Å². The molecule has 0 saturated carbocycles. The maximum absolute atomic E-state index is 12.7. The molecular weight excluding hydrogens is 1650 g/mol. The molecule has 0 aliphatic rings. The Hall–Kier alpha value is -3.49. The Morgan fingerprint density at radius 2 is 0.459 bits per heavy atom. The Labute approximate surface area is 718 Å². The van der Waals surface area contributed by atoms with Crippen molar-refractivity contribution in [2.75, 3.05) is 92.0 Å². The standard InChI is InChI=1S/2C20H17N4O4.2C16H36N.13O.6V/c2*25-11-20(12-26,13-27)24-19(28)14-9-17(15-5-1-3-7-21-15)23-18(10-14)16-6-2-4-8-22-16;2*1-5-9-13-17(14-10-6-2,15-11-7-3)16-12-8-4;;;;;;;;;;;;;;;;;;;/h2*1-10H,11-13H2,(H,24,28);2*5-16H2,1-4H3;;;;;;;;;;;;;;;;;;;/q2*-3;2*+1;13*-2;;;;;;. The molecule has 37 heteroatoms. The second-order valence-corrected chi connectivity index (χ2v) is 23.7. The molecule has 6 aromatic rings. The first-order valence-electron chi connectivity index (χ1n) is 33.2. The van der Waals surface area contributed by atoms with E-state index in [1.54, 1.807) is 97.6 Å². The molecule has 6 radical (unpaired) electrons. The molecule has 6 aromatic heterocycles. The summed E-state index contributed by atoms with van der Waals surface area (Å²) < 4.78 is 2.84. The molecule has 6 heterocycles. The van der Waals surface area contributed by atoms with E-state index >= 15 is 0 Å². The van der Waals surface area contributed by atoms with Crippen LogP contribution in [0.5, 0.6) is 0 Å². The molecule has 2 amide bonds. The molecule has 0 unspecified atom stereocenters. The molecule has 6 rings (SSSR count). The molecule has 109 heavy (non-hydrogen) atoms. The van der Waals surface area contributed by atoms with Crippen LogP contribution in [-0.4, -0.2) is 154 Å². The van der Waals surface area contributed by atoms with Crippen LogP contribution in [0.4, 0.5) is 0 Å². The van der Waals surface area contributed by atoms with Crippen molar-refractivity contribution in [2.24, 2.45) is 0 Å². The molecular formula is C72H106N10O21V6-30. The summed E-state index contributed by atoms with van der Waals surface area (Å²) >= 11 is 0. The van der Waals surface area contributed by atoms with Gasteiger partial charge < -0.3 is 121 Å². The number of carbonyl (C=O) groups excluding carboxylic acids is 2. The molecule has 2 N–H and O–H groups in total. The van der Waals surface area contributed by atoms with Gasteiger partial charge in [-0.3, -0.25) is 29.5 Å². The molecule has 31 nitrogen and oxygen atoms in total. The minimum Gasteiger partial charge on any atom is -2.00 e. The van der Waals surface area contributed by atoms with Crippen molar-refractivity contribution in [1.29, 1.82) is 0 Å². The molecule has 0 aromatic carbocycles. The van der Waals surface area contributed by atoms with Gasteiger partial charge in [-0.15, -0.1) is 39.6 Å². The van der Waals surface area contributed by atoms with Crippen molar-refractivity contribution in [1.82, 2.24) is 40.5 Å². The molecule has 0 aliphatic heterocycles. The van der Waals surface area contributed by atoms with Crippen molar-refractivity contribution < 1.29 is 232 Å². The minimum atomic E-state index is -1.86. The summed E-state index contributed by atoms with van der Waals surface area (Å²) in [5.74, 6) is -1.39. The summed E-state index contributed by atoms with van der Waals surface area (Å²) in [6.45, 7) is 24.1. The quantitative estimate of drug-likeness (QED) is 0.0423. The minimum absolute atomic E-state index is 0. The van der Waals surface area contributed by atoms with Gasteiger partial charge in [0, 0.05) is 147 Å². The summed E-state index contributed by atoms with van der Waals surface area (Å²) in [7, 11) is 0. The van der Waals surface area contributed by atoms with E-state index < -0.39 is 62.5 Å². The van der Waals surface area contributed by atoms with Crippen molar-refractivity contribution >= 4 is 11.8 Å². The molecule has 0 bridgehead atoms. The van der Waals surface area contributed by atoms with Crippen molar-refractivity contribution in [3.05, 3.63) is 133 Å². The van der Waals surface area contributed by atoms with Crippen LogP contribution in [0.2, 0.25) is 0 Å². The van der Waals surface area contributed by atoms with Crippen LogP contribution in [0, 0.1) is 0 Å². The monoisotopic (exact) mass is 1750 g/mol. The van der Waals surface area contributed by atoms with E-state index in [1.807, 2.05) is 0 Å². The van der Waals surface area contributed by atoms with Crippen LogP contribution >= 0.6 is 0 Å².